The molecule has 10 heteroatoms. The fourth-order valence-electron chi connectivity index (χ4n) is 3.70. The maximum atomic E-state index is 12.7. The van der Waals surface area contributed by atoms with Gasteiger partial charge in [0.1, 0.15) is 11.9 Å². The molecule has 0 radical (unpaired) electrons. The van der Waals surface area contributed by atoms with Crippen LogP contribution in [0.15, 0.2) is 36.4 Å². The van der Waals surface area contributed by atoms with Gasteiger partial charge in [-0.15, -0.1) is 0 Å². The second kappa shape index (κ2) is 8.72. The van der Waals surface area contributed by atoms with Crippen LogP contribution in [-0.4, -0.2) is 35.8 Å². The number of methoxy groups -OCH3 is 2. The van der Waals surface area contributed by atoms with E-state index in [1.54, 1.807) is 43.2 Å². The van der Waals surface area contributed by atoms with E-state index in [2.05, 4.69) is 15.7 Å². The quantitative estimate of drug-likeness (QED) is 0.539. The van der Waals surface area contributed by atoms with Crippen molar-refractivity contribution in [2.75, 3.05) is 24.9 Å². The third-order valence-corrected chi connectivity index (χ3v) is 6.02. The number of nitrogens with one attached hydrogen (secondary N) is 2. The van der Waals surface area contributed by atoms with Gasteiger partial charge in [0.05, 0.1) is 42.1 Å². The maximum absolute atomic E-state index is 12.7. The van der Waals surface area contributed by atoms with Crippen molar-refractivity contribution in [1.29, 1.82) is 0 Å². The van der Waals surface area contributed by atoms with Crippen molar-refractivity contribution in [3.8, 4) is 22.6 Å². The number of carbonyl (C=O) groups is 2. The first kappa shape index (κ1) is 22.0. The SMILES string of the molecule is COc1ccc(-c2c(C)nn3c2NC(=O)C3CC(=O)Nc2cccc(Cl)c2Cl)cc1OC. The molecule has 0 fully saturated rings. The Morgan fingerprint density at radius 1 is 1.19 bits per heavy atom. The van der Waals surface area contributed by atoms with Crippen molar-refractivity contribution in [2.45, 2.75) is 19.4 Å². The van der Waals surface area contributed by atoms with Crippen LogP contribution in [0.1, 0.15) is 18.2 Å². The lowest BCUT2D eigenvalue weighted by Gasteiger charge is -2.11. The van der Waals surface area contributed by atoms with Crippen LogP contribution in [0.5, 0.6) is 11.5 Å². The molecule has 2 heterocycles. The van der Waals surface area contributed by atoms with Crippen molar-refractivity contribution in [1.82, 2.24) is 9.78 Å². The van der Waals surface area contributed by atoms with Gasteiger partial charge < -0.3 is 20.1 Å². The van der Waals surface area contributed by atoms with E-state index in [1.165, 1.54) is 0 Å². The minimum atomic E-state index is -0.796. The highest BCUT2D eigenvalue weighted by Gasteiger charge is 2.36. The molecule has 0 spiro atoms. The third-order valence-electron chi connectivity index (χ3n) is 5.20. The predicted molar refractivity (Wildman–Crippen MR) is 123 cm³/mol. The van der Waals surface area contributed by atoms with Gasteiger partial charge in [0.15, 0.2) is 11.5 Å². The van der Waals surface area contributed by atoms with E-state index < -0.39 is 6.04 Å². The predicted octanol–water partition coefficient (Wildman–Crippen LogP) is 4.70. The van der Waals surface area contributed by atoms with Crippen LogP contribution >= 0.6 is 23.2 Å². The molecule has 0 bridgehead atoms. The summed E-state index contributed by atoms with van der Waals surface area (Å²) in [4.78, 5) is 25.3. The van der Waals surface area contributed by atoms with Gasteiger partial charge in [-0.2, -0.15) is 5.10 Å². The monoisotopic (exact) mass is 474 g/mol. The minimum Gasteiger partial charge on any atom is -0.493 e. The van der Waals surface area contributed by atoms with Gasteiger partial charge in [-0.25, -0.2) is 4.68 Å². The highest BCUT2D eigenvalue weighted by molar-refractivity contribution is 6.44. The van der Waals surface area contributed by atoms with Gasteiger partial charge >= 0.3 is 0 Å². The topological polar surface area (TPSA) is 94.5 Å². The van der Waals surface area contributed by atoms with E-state index in [0.29, 0.717) is 33.7 Å². The molecule has 3 aromatic rings. The van der Waals surface area contributed by atoms with Gasteiger partial charge in [-0.3, -0.25) is 9.59 Å². The van der Waals surface area contributed by atoms with E-state index in [4.69, 9.17) is 32.7 Å². The standard InChI is InChI=1S/C22H20Cl2N4O4/c1-11-19(12-7-8-16(31-2)17(9-12)32-3)21-26-22(30)15(28(21)27-11)10-18(29)25-14-6-4-5-13(23)20(14)24/h4-9,15H,10H2,1-3H3,(H,25,29)(H,26,30). The fourth-order valence-corrected chi connectivity index (χ4v) is 4.05. The van der Waals surface area contributed by atoms with Crippen molar-refractivity contribution in [3.05, 3.63) is 52.1 Å². The van der Waals surface area contributed by atoms with Crippen LogP contribution in [-0.2, 0) is 9.59 Å². The van der Waals surface area contributed by atoms with E-state index in [9.17, 15) is 9.59 Å². The summed E-state index contributed by atoms with van der Waals surface area (Å²) in [6.45, 7) is 1.84. The Morgan fingerprint density at radius 2 is 1.94 bits per heavy atom. The molecule has 1 unspecified atom stereocenters. The van der Waals surface area contributed by atoms with E-state index in [0.717, 1.165) is 11.1 Å². The summed E-state index contributed by atoms with van der Waals surface area (Å²) in [6, 6.07) is 9.61. The molecule has 4 rings (SSSR count). The van der Waals surface area contributed by atoms with Crippen molar-refractivity contribution >= 4 is 46.5 Å². The number of amides is 2. The first-order valence-electron chi connectivity index (χ1n) is 9.70. The van der Waals surface area contributed by atoms with Crippen molar-refractivity contribution in [3.63, 3.8) is 0 Å². The van der Waals surface area contributed by atoms with Gasteiger partial charge in [-0.05, 0) is 36.8 Å². The fraction of sp³-hybridized carbons (Fsp3) is 0.227. The summed E-state index contributed by atoms with van der Waals surface area (Å²) in [5, 5.41) is 10.6. The zero-order valence-electron chi connectivity index (χ0n) is 17.5. The van der Waals surface area contributed by atoms with Crippen molar-refractivity contribution in [2.24, 2.45) is 0 Å². The first-order valence-corrected chi connectivity index (χ1v) is 10.5. The summed E-state index contributed by atoms with van der Waals surface area (Å²) in [7, 11) is 3.12. The minimum absolute atomic E-state index is 0.117. The number of halogens is 2. The lowest BCUT2D eigenvalue weighted by atomic mass is 10.1. The molecular formula is C22H20Cl2N4O4. The largest absolute Gasteiger partial charge is 0.493 e. The third kappa shape index (κ3) is 3.87. The summed E-state index contributed by atoms with van der Waals surface area (Å²) in [6.07, 6.45) is -0.117. The lowest BCUT2D eigenvalue weighted by Crippen LogP contribution is -2.24. The Hall–Kier alpha value is -3.23. The Kier molecular flexibility index (Phi) is 5.99. The molecule has 1 aromatic heterocycles. The molecule has 1 aliphatic rings. The Morgan fingerprint density at radius 3 is 2.66 bits per heavy atom. The summed E-state index contributed by atoms with van der Waals surface area (Å²) in [5.41, 5.74) is 2.64. The number of rotatable bonds is 6. The number of ether oxygens (including phenoxy) is 2. The van der Waals surface area contributed by atoms with Crippen LogP contribution in [0.4, 0.5) is 11.5 Å². The number of carbonyl (C=O) groups excluding carboxylic acids is 2. The van der Waals surface area contributed by atoms with Crippen LogP contribution in [0.25, 0.3) is 11.1 Å². The average molecular weight is 475 g/mol. The number of anilines is 2. The van der Waals surface area contributed by atoms with Gasteiger partial charge in [0.25, 0.3) is 5.91 Å². The van der Waals surface area contributed by atoms with Crippen molar-refractivity contribution < 1.29 is 19.1 Å². The number of benzene rings is 2. The van der Waals surface area contributed by atoms with Crippen LogP contribution in [0.2, 0.25) is 10.0 Å². The molecule has 0 saturated carbocycles. The smallest absolute Gasteiger partial charge is 0.251 e. The number of nitrogens with zero attached hydrogens (tertiary/aromatic N) is 2. The molecule has 1 atom stereocenters. The maximum Gasteiger partial charge on any atom is 0.251 e. The molecule has 2 N–H and O–H groups in total. The Labute approximate surface area is 194 Å². The Bertz CT molecular complexity index is 1220. The molecular weight excluding hydrogens is 455 g/mol. The molecule has 32 heavy (non-hydrogen) atoms. The number of hydrogen-bond donors (Lipinski definition) is 2. The Balaban J connectivity index is 1.61. The summed E-state index contributed by atoms with van der Waals surface area (Å²) in [5.74, 6) is 0.974. The second-order valence-electron chi connectivity index (χ2n) is 7.18. The number of hydrogen-bond acceptors (Lipinski definition) is 5. The zero-order chi connectivity index (χ0) is 23.0. The van der Waals surface area contributed by atoms with Gasteiger partial charge in [0.2, 0.25) is 5.91 Å². The lowest BCUT2D eigenvalue weighted by molar-refractivity contribution is -0.123. The molecule has 8 nitrogen and oxygen atoms in total. The van der Waals surface area contributed by atoms with Crippen LogP contribution in [0.3, 0.4) is 0 Å². The van der Waals surface area contributed by atoms with E-state index in [-0.39, 0.29) is 23.3 Å². The molecule has 0 saturated heterocycles. The molecule has 2 amide bonds. The van der Waals surface area contributed by atoms with Gasteiger partial charge in [-0.1, -0.05) is 35.3 Å². The number of aryl methyl sites for hydroxylation is 1. The molecule has 166 valence electrons. The average Bonchev–Trinajstić information content (AvgIpc) is 3.24. The van der Waals surface area contributed by atoms with Crippen LogP contribution in [0, 0.1) is 6.92 Å². The molecule has 0 aliphatic carbocycles. The number of fused-ring (bicyclic) bond motifs is 1. The second-order valence-corrected chi connectivity index (χ2v) is 7.97. The van der Waals surface area contributed by atoms with E-state index in [1.807, 2.05) is 19.1 Å². The highest BCUT2D eigenvalue weighted by Crippen LogP contribution is 2.41. The summed E-state index contributed by atoms with van der Waals surface area (Å²) >= 11 is 12.1. The summed E-state index contributed by atoms with van der Waals surface area (Å²) < 4.78 is 12.2. The highest BCUT2D eigenvalue weighted by atomic mass is 35.5. The van der Waals surface area contributed by atoms with Crippen LogP contribution < -0.4 is 20.1 Å². The normalized spacial score (nSPS) is 14.7. The van der Waals surface area contributed by atoms with E-state index >= 15 is 0 Å². The van der Waals surface area contributed by atoms with Gasteiger partial charge in [0, 0.05) is 5.56 Å². The first-order chi connectivity index (χ1) is 15.3. The number of aromatic nitrogens is 2. The zero-order valence-corrected chi connectivity index (χ0v) is 19.0. The molecule has 1 aliphatic heterocycles. The molecule has 2 aromatic carbocycles.